The van der Waals surface area contributed by atoms with Crippen LogP contribution in [0.25, 0.3) is 22.2 Å². The number of nitrogens with zero attached hydrogens (tertiary/aromatic N) is 1. The third kappa shape index (κ3) is 4.88. The molecular formula is C26H26IrNO2-. The molecule has 4 heteroatoms. The summed E-state index contributed by atoms with van der Waals surface area (Å²) in [6.07, 6.45) is 5.64. The Hall–Kier alpha value is -2.29. The van der Waals surface area contributed by atoms with Gasteiger partial charge in [0, 0.05) is 43.9 Å². The maximum atomic E-state index is 11.4. The van der Waals surface area contributed by atoms with Crippen LogP contribution in [0.4, 0.5) is 0 Å². The summed E-state index contributed by atoms with van der Waals surface area (Å²) in [4.78, 5) is 16.1. The van der Waals surface area contributed by atoms with E-state index >= 15 is 0 Å². The fourth-order valence-corrected chi connectivity index (χ4v) is 4.39. The van der Waals surface area contributed by atoms with Gasteiger partial charge in [-0.15, -0.1) is 35.9 Å². The van der Waals surface area contributed by atoms with E-state index in [1.165, 1.54) is 10.9 Å². The zero-order chi connectivity index (χ0) is 20.2. The van der Waals surface area contributed by atoms with Crippen LogP contribution in [0.2, 0.25) is 0 Å². The quantitative estimate of drug-likeness (QED) is 0.343. The van der Waals surface area contributed by atoms with Crippen molar-refractivity contribution in [3.8, 4) is 11.3 Å². The normalized spacial score (nSPS) is 18.2. The molecule has 0 spiro atoms. The summed E-state index contributed by atoms with van der Waals surface area (Å²) in [5.41, 5.74) is 5.10. The van der Waals surface area contributed by atoms with Crippen molar-refractivity contribution in [3.05, 3.63) is 77.6 Å². The average Bonchev–Trinajstić information content (AvgIpc) is 2.75. The first-order valence-corrected chi connectivity index (χ1v) is 10.4. The van der Waals surface area contributed by atoms with Crippen LogP contribution in [0, 0.1) is 18.9 Å². The minimum Gasteiger partial charge on any atom is -0.512 e. The van der Waals surface area contributed by atoms with E-state index in [4.69, 9.17) is 0 Å². The van der Waals surface area contributed by atoms with Crippen LogP contribution >= 0.6 is 0 Å². The molecule has 0 saturated heterocycles. The summed E-state index contributed by atoms with van der Waals surface area (Å²) >= 11 is 0. The number of para-hydroxylation sites is 1. The molecule has 0 amide bonds. The Balaban J connectivity index is 0.000000175. The molecule has 3 aromatic rings. The molecule has 3 nitrogen and oxygen atoms in total. The number of benzene rings is 2. The smallest absolute Gasteiger partial charge is 0.162 e. The molecule has 0 bridgehead atoms. The Kier molecular flexibility index (Phi) is 7.58. The molecule has 2 aromatic carbocycles. The van der Waals surface area contributed by atoms with E-state index in [1.54, 1.807) is 0 Å². The number of hydrogen-bond acceptors (Lipinski definition) is 3. The van der Waals surface area contributed by atoms with E-state index in [1.807, 2.05) is 36.4 Å². The summed E-state index contributed by atoms with van der Waals surface area (Å²) in [6, 6.07) is 21.5. The van der Waals surface area contributed by atoms with Crippen LogP contribution in [-0.2, 0) is 24.9 Å². The van der Waals surface area contributed by atoms with Crippen LogP contribution in [0.5, 0.6) is 0 Å². The van der Waals surface area contributed by atoms with Crippen LogP contribution in [0.15, 0.2) is 65.9 Å². The molecule has 5 rings (SSSR count). The maximum Gasteiger partial charge on any atom is 0.162 e. The number of ketones is 1. The van der Waals surface area contributed by atoms with Gasteiger partial charge in [0.05, 0.1) is 11.3 Å². The van der Waals surface area contributed by atoms with Crippen LogP contribution in [-0.4, -0.2) is 15.9 Å². The first-order chi connectivity index (χ1) is 14.1. The SMILES string of the molecule is Cc1cc(-c2[c-]cccc2)nc2ccccc12.O=C1CCCC2CCCC(O)=C12.[Ir]. The van der Waals surface area contributed by atoms with Gasteiger partial charge in [-0.05, 0) is 55.8 Å². The molecule has 1 heterocycles. The molecule has 2 aliphatic rings. The van der Waals surface area contributed by atoms with Gasteiger partial charge in [0.2, 0.25) is 0 Å². The second kappa shape index (κ2) is 10.1. The number of pyridine rings is 1. The largest absolute Gasteiger partial charge is 0.512 e. The number of Topliss-reactive ketones (excluding diaryl/α,β-unsaturated/α-hetero) is 1. The van der Waals surface area contributed by atoms with Crippen molar-refractivity contribution in [2.75, 3.05) is 0 Å². The van der Waals surface area contributed by atoms with E-state index in [9.17, 15) is 9.90 Å². The van der Waals surface area contributed by atoms with Crippen molar-refractivity contribution >= 4 is 16.7 Å². The molecule has 2 aliphatic carbocycles. The summed E-state index contributed by atoms with van der Waals surface area (Å²) < 4.78 is 0. The number of aliphatic hydroxyl groups excluding tert-OH is 1. The fraction of sp³-hybridized carbons (Fsp3) is 0.308. The first-order valence-electron chi connectivity index (χ1n) is 10.4. The van der Waals surface area contributed by atoms with Gasteiger partial charge in [0.15, 0.2) is 5.78 Å². The number of rotatable bonds is 1. The summed E-state index contributed by atoms with van der Waals surface area (Å²) in [5, 5.41) is 10.7. The first kappa shape index (κ1) is 22.4. The average molecular weight is 577 g/mol. The number of allylic oxidation sites excluding steroid dienone is 2. The Morgan fingerprint density at radius 1 is 1.03 bits per heavy atom. The Bertz CT molecular complexity index is 1060. The second-order valence-corrected chi connectivity index (χ2v) is 7.88. The molecule has 1 unspecified atom stereocenters. The second-order valence-electron chi connectivity index (χ2n) is 7.88. The van der Waals surface area contributed by atoms with Crippen molar-refractivity contribution in [2.45, 2.75) is 45.4 Å². The number of aromatic nitrogens is 1. The molecule has 1 radical (unpaired) electrons. The molecule has 157 valence electrons. The van der Waals surface area contributed by atoms with Gasteiger partial charge in [-0.1, -0.05) is 24.3 Å². The van der Waals surface area contributed by atoms with Gasteiger partial charge in [0.25, 0.3) is 0 Å². The van der Waals surface area contributed by atoms with Gasteiger partial charge in [-0.25, -0.2) is 0 Å². The maximum absolute atomic E-state index is 11.4. The van der Waals surface area contributed by atoms with Gasteiger partial charge in [-0.3, -0.25) is 9.78 Å². The Morgan fingerprint density at radius 2 is 1.77 bits per heavy atom. The number of fused-ring (bicyclic) bond motifs is 2. The van der Waals surface area contributed by atoms with Crippen molar-refractivity contribution in [1.82, 2.24) is 4.98 Å². The zero-order valence-electron chi connectivity index (χ0n) is 17.2. The molecule has 1 fully saturated rings. The molecule has 1 N–H and O–H groups in total. The molecule has 1 saturated carbocycles. The number of hydrogen-bond donors (Lipinski definition) is 1. The third-order valence-electron chi connectivity index (χ3n) is 5.85. The zero-order valence-corrected chi connectivity index (χ0v) is 19.5. The van der Waals surface area contributed by atoms with E-state index in [-0.39, 0.29) is 25.9 Å². The van der Waals surface area contributed by atoms with Crippen LogP contribution in [0.1, 0.15) is 44.1 Å². The van der Waals surface area contributed by atoms with Crippen molar-refractivity contribution in [2.24, 2.45) is 5.92 Å². The van der Waals surface area contributed by atoms with E-state index in [0.29, 0.717) is 18.1 Å². The molecule has 1 aromatic heterocycles. The minimum absolute atomic E-state index is 0. The van der Waals surface area contributed by atoms with Gasteiger partial charge in [0.1, 0.15) is 0 Å². The number of carbonyl (C=O) groups is 1. The number of aryl methyl sites for hydroxylation is 1. The van der Waals surface area contributed by atoms with Crippen molar-refractivity contribution in [1.29, 1.82) is 0 Å². The minimum atomic E-state index is 0. The summed E-state index contributed by atoms with van der Waals surface area (Å²) in [7, 11) is 0. The van der Waals surface area contributed by atoms with E-state index in [2.05, 4.69) is 36.2 Å². The predicted molar refractivity (Wildman–Crippen MR) is 117 cm³/mol. The molecule has 0 aliphatic heterocycles. The topological polar surface area (TPSA) is 50.2 Å². The van der Waals surface area contributed by atoms with Crippen LogP contribution < -0.4 is 0 Å². The van der Waals surface area contributed by atoms with E-state index in [0.717, 1.165) is 54.5 Å². The fourth-order valence-electron chi connectivity index (χ4n) is 4.39. The van der Waals surface area contributed by atoms with Gasteiger partial charge >= 0.3 is 0 Å². The molecule has 30 heavy (non-hydrogen) atoms. The standard InChI is InChI=1S/C16H12N.C10H14O2.Ir/c1-12-11-16(13-7-3-2-4-8-13)17-15-10-6-5-9-14(12)15;11-8-5-1-3-7-4-2-6-9(12)10(7)8;/h2-7,9-11H,1H3;7,11H,1-6H2;/q-1;;. The number of carbonyl (C=O) groups excluding carboxylic acids is 1. The molecular weight excluding hydrogens is 551 g/mol. The van der Waals surface area contributed by atoms with E-state index < -0.39 is 0 Å². The summed E-state index contributed by atoms with van der Waals surface area (Å²) in [6.45, 7) is 2.12. The van der Waals surface area contributed by atoms with Crippen LogP contribution in [0.3, 0.4) is 0 Å². The summed E-state index contributed by atoms with van der Waals surface area (Å²) in [5.74, 6) is 0.972. The molecule has 1 atom stereocenters. The Labute approximate surface area is 191 Å². The van der Waals surface area contributed by atoms with Gasteiger partial charge in [-0.2, -0.15) is 0 Å². The van der Waals surface area contributed by atoms with Crippen molar-refractivity contribution in [3.63, 3.8) is 0 Å². The van der Waals surface area contributed by atoms with Gasteiger partial charge < -0.3 is 5.11 Å². The third-order valence-corrected chi connectivity index (χ3v) is 5.85. The monoisotopic (exact) mass is 577 g/mol. The number of aliphatic hydroxyl groups is 1. The predicted octanol–water partition coefficient (Wildman–Crippen LogP) is 6.36. The van der Waals surface area contributed by atoms with Crippen molar-refractivity contribution < 1.29 is 30.0 Å². The Morgan fingerprint density at radius 3 is 2.50 bits per heavy atom.